The van der Waals surface area contributed by atoms with Crippen LogP contribution in [-0.2, 0) is 20.7 Å². The van der Waals surface area contributed by atoms with Gasteiger partial charge in [0.2, 0.25) is 0 Å². The molecule has 1 aromatic rings. The van der Waals surface area contributed by atoms with Crippen molar-refractivity contribution < 1.29 is 24.4 Å². The lowest BCUT2D eigenvalue weighted by Crippen LogP contribution is -2.46. The normalized spacial score (nSPS) is 13.1. The van der Waals surface area contributed by atoms with Gasteiger partial charge < -0.3 is 9.84 Å². The molecule has 0 aliphatic carbocycles. The topological polar surface area (TPSA) is 119 Å². The molecule has 23 heavy (non-hydrogen) atoms. The summed E-state index contributed by atoms with van der Waals surface area (Å²) < 4.78 is 4.94. The number of rotatable bonds is 9. The lowest BCUT2D eigenvalue weighted by molar-refractivity contribution is -0.384. The van der Waals surface area contributed by atoms with Gasteiger partial charge in [-0.05, 0) is 32.3 Å². The standard InChI is InChI=1S/C15H20N2O6/c1-3-23-15(20)13(16-10(2)14(18)19)9-6-11-4-7-12(8-5-11)17(21)22/h4-5,7-8,10,13,16H,3,6,9H2,1-2H3,(H,18,19)/t10-,13-/m0/s1. The molecule has 0 saturated carbocycles. The molecule has 0 saturated heterocycles. The predicted octanol–water partition coefficient (Wildman–Crippen LogP) is 1.52. The Morgan fingerprint density at radius 3 is 2.43 bits per heavy atom. The third-order valence-electron chi connectivity index (χ3n) is 3.26. The molecule has 0 heterocycles. The van der Waals surface area contributed by atoms with E-state index in [1.54, 1.807) is 19.1 Å². The van der Waals surface area contributed by atoms with Crippen LogP contribution in [0.25, 0.3) is 0 Å². The molecule has 2 N–H and O–H groups in total. The number of nitrogens with zero attached hydrogens (tertiary/aromatic N) is 1. The van der Waals surface area contributed by atoms with Gasteiger partial charge in [0, 0.05) is 12.1 Å². The molecule has 0 aliphatic rings. The number of aliphatic carboxylic acids is 1. The second-order valence-corrected chi connectivity index (χ2v) is 4.99. The Morgan fingerprint density at radius 1 is 1.35 bits per heavy atom. The second-order valence-electron chi connectivity index (χ2n) is 4.99. The van der Waals surface area contributed by atoms with Gasteiger partial charge in [0.25, 0.3) is 5.69 Å². The summed E-state index contributed by atoms with van der Waals surface area (Å²) >= 11 is 0. The van der Waals surface area contributed by atoms with Crippen molar-refractivity contribution in [2.45, 2.75) is 38.8 Å². The summed E-state index contributed by atoms with van der Waals surface area (Å²) in [6.07, 6.45) is 0.787. The van der Waals surface area contributed by atoms with Crippen LogP contribution >= 0.6 is 0 Å². The number of carboxylic acids is 1. The summed E-state index contributed by atoms with van der Waals surface area (Å²) in [5.41, 5.74) is 0.808. The van der Waals surface area contributed by atoms with Crippen LogP contribution in [0.2, 0.25) is 0 Å². The minimum atomic E-state index is -1.06. The highest BCUT2D eigenvalue weighted by Gasteiger charge is 2.24. The number of nitrogens with one attached hydrogen (secondary N) is 1. The van der Waals surface area contributed by atoms with Crippen molar-refractivity contribution in [2.24, 2.45) is 0 Å². The molecular weight excluding hydrogens is 304 g/mol. The zero-order valence-electron chi connectivity index (χ0n) is 13.0. The number of nitro groups is 1. The van der Waals surface area contributed by atoms with E-state index in [1.807, 2.05) is 0 Å². The highest BCUT2D eigenvalue weighted by atomic mass is 16.6. The maximum Gasteiger partial charge on any atom is 0.323 e. The third-order valence-corrected chi connectivity index (χ3v) is 3.26. The fourth-order valence-corrected chi connectivity index (χ4v) is 1.98. The quantitative estimate of drug-likeness (QED) is 0.401. The molecule has 1 aromatic carbocycles. The molecule has 0 radical (unpaired) electrons. The van der Waals surface area contributed by atoms with Crippen molar-refractivity contribution in [3.63, 3.8) is 0 Å². The van der Waals surface area contributed by atoms with Crippen LogP contribution in [0.3, 0.4) is 0 Å². The van der Waals surface area contributed by atoms with E-state index in [0.29, 0.717) is 12.8 Å². The number of benzene rings is 1. The molecule has 0 unspecified atom stereocenters. The summed E-state index contributed by atoms with van der Waals surface area (Å²) in [7, 11) is 0. The second kappa shape index (κ2) is 8.84. The van der Waals surface area contributed by atoms with Crippen LogP contribution in [0.4, 0.5) is 5.69 Å². The largest absolute Gasteiger partial charge is 0.480 e. The highest BCUT2D eigenvalue weighted by Crippen LogP contribution is 2.14. The maximum atomic E-state index is 11.9. The Balaban J connectivity index is 2.70. The number of carbonyl (C=O) groups is 2. The molecule has 0 aliphatic heterocycles. The summed E-state index contributed by atoms with van der Waals surface area (Å²) in [5.74, 6) is -1.57. The molecule has 0 spiro atoms. The van der Waals surface area contributed by atoms with Crippen LogP contribution in [0.15, 0.2) is 24.3 Å². The van der Waals surface area contributed by atoms with Crippen molar-refractivity contribution in [1.29, 1.82) is 0 Å². The number of carbonyl (C=O) groups excluding carboxylic acids is 1. The van der Waals surface area contributed by atoms with E-state index in [1.165, 1.54) is 19.1 Å². The van der Waals surface area contributed by atoms with Crippen LogP contribution in [0.5, 0.6) is 0 Å². The molecule has 0 fully saturated rings. The zero-order chi connectivity index (χ0) is 17.4. The molecule has 2 atom stereocenters. The maximum absolute atomic E-state index is 11.9. The average molecular weight is 324 g/mol. The van der Waals surface area contributed by atoms with Gasteiger partial charge in [-0.1, -0.05) is 12.1 Å². The van der Waals surface area contributed by atoms with Crippen molar-refractivity contribution in [2.75, 3.05) is 6.61 Å². The molecule has 0 aromatic heterocycles. The Labute approximate surface area is 133 Å². The summed E-state index contributed by atoms with van der Waals surface area (Å²) in [5, 5.41) is 22.3. The molecule has 126 valence electrons. The van der Waals surface area contributed by atoms with Gasteiger partial charge in [0.15, 0.2) is 0 Å². The van der Waals surface area contributed by atoms with E-state index in [2.05, 4.69) is 5.32 Å². The first kappa shape index (κ1) is 18.6. The first-order valence-electron chi connectivity index (χ1n) is 7.24. The molecule has 8 nitrogen and oxygen atoms in total. The molecule has 0 amide bonds. The number of aryl methyl sites for hydroxylation is 1. The van der Waals surface area contributed by atoms with Gasteiger partial charge in [0.1, 0.15) is 12.1 Å². The molecular formula is C15H20N2O6. The molecule has 1 rings (SSSR count). The number of hydrogen-bond acceptors (Lipinski definition) is 6. The van der Waals surface area contributed by atoms with Gasteiger partial charge in [0.05, 0.1) is 11.5 Å². The summed E-state index contributed by atoms with van der Waals surface area (Å²) in [4.78, 5) is 32.9. The molecule has 0 bridgehead atoms. The van der Waals surface area contributed by atoms with Gasteiger partial charge >= 0.3 is 11.9 Å². The first-order valence-corrected chi connectivity index (χ1v) is 7.24. The zero-order valence-corrected chi connectivity index (χ0v) is 13.0. The van der Waals surface area contributed by atoms with E-state index in [-0.39, 0.29) is 12.3 Å². The van der Waals surface area contributed by atoms with Crippen LogP contribution in [-0.4, -0.2) is 40.7 Å². The van der Waals surface area contributed by atoms with Crippen molar-refractivity contribution in [1.82, 2.24) is 5.32 Å². The minimum Gasteiger partial charge on any atom is -0.480 e. The molecule has 8 heteroatoms. The van der Waals surface area contributed by atoms with Crippen molar-refractivity contribution >= 4 is 17.6 Å². The number of ether oxygens (including phenoxy) is 1. The van der Waals surface area contributed by atoms with E-state index >= 15 is 0 Å². The van der Waals surface area contributed by atoms with Crippen LogP contribution in [0, 0.1) is 10.1 Å². The van der Waals surface area contributed by atoms with Gasteiger partial charge in [-0.3, -0.25) is 25.0 Å². The van der Waals surface area contributed by atoms with Gasteiger partial charge in [-0.15, -0.1) is 0 Å². The number of carboxylic acid groups (broad SMARTS) is 1. The van der Waals surface area contributed by atoms with E-state index < -0.39 is 28.9 Å². The third kappa shape index (κ3) is 6.03. The lowest BCUT2D eigenvalue weighted by Gasteiger charge is -2.19. The van der Waals surface area contributed by atoms with Gasteiger partial charge in [-0.25, -0.2) is 0 Å². The number of esters is 1. The lowest BCUT2D eigenvalue weighted by atomic mass is 10.0. The summed E-state index contributed by atoms with van der Waals surface area (Å²) in [6.45, 7) is 3.32. The number of non-ortho nitro benzene ring substituents is 1. The first-order chi connectivity index (χ1) is 10.8. The minimum absolute atomic E-state index is 0.00619. The van der Waals surface area contributed by atoms with E-state index in [0.717, 1.165) is 5.56 Å². The summed E-state index contributed by atoms with van der Waals surface area (Å²) in [6, 6.07) is 4.36. The van der Waals surface area contributed by atoms with E-state index in [4.69, 9.17) is 9.84 Å². The fraction of sp³-hybridized carbons (Fsp3) is 0.467. The monoisotopic (exact) mass is 324 g/mol. The van der Waals surface area contributed by atoms with Gasteiger partial charge in [-0.2, -0.15) is 0 Å². The smallest absolute Gasteiger partial charge is 0.323 e. The average Bonchev–Trinajstić information content (AvgIpc) is 2.51. The van der Waals surface area contributed by atoms with Crippen molar-refractivity contribution in [3.05, 3.63) is 39.9 Å². The Kier molecular flexibility index (Phi) is 7.14. The van der Waals surface area contributed by atoms with Crippen LogP contribution in [0.1, 0.15) is 25.8 Å². The predicted molar refractivity (Wildman–Crippen MR) is 82.1 cm³/mol. The highest BCUT2D eigenvalue weighted by molar-refractivity contribution is 5.78. The fourth-order valence-electron chi connectivity index (χ4n) is 1.98. The Hall–Kier alpha value is -2.48. The van der Waals surface area contributed by atoms with E-state index in [9.17, 15) is 19.7 Å². The number of hydrogen-bond donors (Lipinski definition) is 2. The van der Waals surface area contributed by atoms with Crippen molar-refractivity contribution in [3.8, 4) is 0 Å². The number of nitro benzene ring substituents is 1. The SMILES string of the molecule is CCOC(=O)[C@H](CCc1ccc([N+](=O)[O-])cc1)N[C@@H](C)C(=O)O. The van der Waals surface area contributed by atoms with Crippen LogP contribution < -0.4 is 5.32 Å². The Bertz CT molecular complexity index is 558. The Morgan fingerprint density at radius 2 is 1.96 bits per heavy atom.